The Bertz CT molecular complexity index is 2480. The smallest absolute Gasteiger partial charge is 0.208 e. The highest BCUT2D eigenvalue weighted by Gasteiger charge is 2.24. The predicted octanol–water partition coefficient (Wildman–Crippen LogP) is 11.5. The lowest BCUT2D eigenvalue weighted by atomic mass is 9.93. The molecule has 1 aliphatic rings. The average molecular weight is 709 g/mol. The van der Waals surface area contributed by atoms with Crippen molar-refractivity contribution in [3.05, 3.63) is 170 Å². The molecular weight excluding hydrogens is 673 g/mol. The molecule has 0 radical (unpaired) electrons. The topological polar surface area (TPSA) is 117 Å². The van der Waals surface area contributed by atoms with Crippen LogP contribution in [0.2, 0.25) is 0 Å². The monoisotopic (exact) mass is 708 g/mol. The number of phenols is 5. The van der Waals surface area contributed by atoms with Crippen LogP contribution in [0.3, 0.4) is 0 Å². The van der Waals surface area contributed by atoms with E-state index in [9.17, 15) is 25.5 Å². The molecule has 54 heavy (non-hydrogen) atoms. The lowest BCUT2D eigenvalue weighted by molar-refractivity contribution is 0.330. The van der Waals surface area contributed by atoms with Crippen molar-refractivity contribution in [3.63, 3.8) is 0 Å². The number of para-hydroxylation sites is 1. The van der Waals surface area contributed by atoms with Crippen molar-refractivity contribution in [2.75, 3.05) is 4.90 Å². The van der Waals surface area contributed by atoms with E-state index in [-0.39, 0.29) is 5.56 Å². The molecule has 0 saturated heterocycles. The molecule has 264 valence electrons. The number of allylic oxidation sites excluding steroid dienone is 4. The van der Waals surface area contributed by atoms with E-state index in [1.807, 2.05) is 60.8 Å². The third kappa shape index (κ3) is 6.50. The van der Waals surface area contributed by atoms with Gasteiger partial charge in [-0.25, -0.2) is 0 Å². The van der Waals surface area contributed by atoms with Crippen molar-refractivity contribution in [3.8, 4) is 73.4 Å². The molecule has 7 aromatic rings. The van der Waals surface area contributed by atoms with Gasteiger partial charge in [0.2, 0.25) is 17.2 Å². The van der Waals surface area contributed by atoms with Crippen LogP contribution >= 0.6 is 0 Å². The Labute approximate surface area is 313 Å². The molecule has 0 aliphatic heterocycles. The van der Waals surface area contributed by atoms with Crippen LogP contribution in [0.5, 0.6) is 28.7 Å². The van der Waals surface area contributed by atoms with Crippen LogP contribution in [0.1, 0.15) is 18.4 Å². The zero-order chi connectivity index (χ0) is 37.2. The van der Waals surface area contributed by atoms with Crippen LogP contribution in [0.15, 0.2) is 164 Å². The average Bonchev–Trinajstić information content (AvgIpc) is 3.24. The van der Waals surface area contributed by atoms with Gasteiger partial charge in [0.15, 0.2) is 11.5 Å². The Morgan fingerprint density at radius 3 is 1.59 bits per heavy atom. The Morgan fingerprint density at radius 2 is 1.00 bits per heavy atom. The molecule has 0 bridgehead atoms. The first-order valence-corrected chi connectivity index (χ1v) is 17.6. The molecule has 0 fully saturated rings. The lowest BCUT2D eigenvalue weighted by Crippen LogP contribution is -2.11. The number of hydrogen-bond donors (Lipinski definition) is 5. The molecule has 0 unspecified atom stereocenters. The summed E-state index contributed by atoms with van der Waals surface area (Å²) in [5.41, 5.74) is 11.6. The summed E-state index contributed by atoms with van der Waals surface area (Å²) >= 11 is 0. The minimum atomic E-state index is -0.990. The van der Waals surface area contributed by atoms with Gasteiger partial charge in [-0.05, 0) is 94.3 Å². The summed E-state index contributed by atoms with van der Waals surface area (Å²) in [5.74, 6) is -4.27. The molecular formula is C47H36N2O5. The molecule has 0 saturated carbocycles. The van der Waals surface area contributed by atoms with Gasteiger partial charge in [0, 0.05) is 16.9 Å². The van der Waals surface area contributed by atoms with E-state index in [1.54, 1.807) is 24.3 Å². The maximum atomic E-state index is 10.3. The first kappa shape index (κ1) is 33.9. The Kier molecular flexibility index (Phi) is 9.04. The van der Waals surface area contributed by atoms with E-state index in [0.29, 0.717) is 5.56 Å². The Balaban J connectivity index is 1.10. The fourth-order valence-electron chi connectivity index (χ4n) is 6.90. The maximum Gasteiger partial charge on any atom is 0.208 e. The minimum absolute atomic E-state index is 0.187. The van der Waals surface area contributed by atoms with E-state index >= 15 is 0 Å². The van der Waals surface area contributed by atoms with Crippen molar-refractivity contribution in [1.29, 1.82) is 0 Å². The number of aromatic nitrogens is 1. The molecule has 1 aliphatic carbocycles. The highest BCUT2D eigenvalue weighted by Crippen LogP contribution is 2.54. The quantitative estimate of drug-likeness (QED) is 0.0788. The van der Waals surface area contributed by atoms with Gasteiger partial charge in [-0.15, -0.1) is 0 Å². The van der Waals surface area contributed by atoms with Crippen LogP contribution in [0, 0.1) is 0 Å². The van der Waals surface area contributed by atoms with Gasteiger partial charge in [0.05, 0.1) is 23.1 Å². The molecule has 6 aromatic carbocycles. The first-order chi connectivity index (χ1) is 26.4. The highest BCUT2D eigenvalue weighted by molar-refractivity contribution is 5.87. The number of phenolic OH excluding ortho intramolecular Hbond substituents is 5. The van der Waals surface area contributed by atoms with Crippen molar-refractivity contribution in [1.82, 2.24) is 4.98 Å². The molecule has 5 N–H and O–H groups in total. The number of nitrogens with zero attached hydrogens (tertiary/aromatic N) is 2. The lowest BCUT2D eigenvalue weighted by Gasteiger charge is -2.27. The van der Waals surface area contributed by atoms with E-state index in [0.717, 1.165) is 63.4 Å². The SMILES string of the molecule is Oc1c(O)c(O)c(-c2ccc(-c3ccc(-c4ccc(N(c5ccccc5)c5cc(C6=CC=CCC6)cc(-c6ccccc6)c5)cn4)cc3)cc2)c(O)c1O. The zero-order valence-electron chi connectivity index (χ0n) is 29.1. The molecule has 8 rings (SSSR count). The van der Waals surface area contributed by atoms with Gasteiger partial charge in [-0.2, -0.15) is 0 Å². The summed E-state index contributed by atoms with van der Waals surface area (Å²) in [6.45, 7) is 0. The summed E-state index contributed by atoms with van der Waals surface area (Å²) in [6, 6.07) is 46.7. The Hall–Kier alpha value is -7.25. The first-order valence-electron chi connectivity index (χ1n) is 17.6. The second kappa shape index (κ2) is 14.4. The van der Waals surface area contributed by atoms with Gasteiger partial charge < -0.3 is 30.4 Å². The van der Waals surface area contributed by atoms with Crippen LogP contribution in [-0.4, -0.2) is 30.5 Å². The van der Waals surface area contributed by atoms with E-state index in [2.05, 4.69) is 83.8 Å². The number of benzene rings is 6. The summed E-state index contributed by atoms with van der Waals surface area (Å²) in [6.07, 6.45) is 10.5. The fraction of sp³-hybridized carbons (Fsp3) is 0.0426. The molecule has 0 atom stereocenters. The third-order valence-corrected chi connectivity index (χ3v) is 9.75. The second-order valence-electron chi connectivity index (χ2n) is 13.1. The number of rotatable bonds is 8. The summed E-state index contributed by atoms with van der Waals surface area (Å²) < 4.78 is 0. The zero-order valence-corrected chi connectivity index (χ0v) is 29.1. The van der Waals surface area contributed by atoms with Crippen molar-refractivity contribution < 1.29 is 25.5 Å². The van der Waals surface area contributed by atoms with Gasteiger partial charge in [-0.1, -0.05) is 115 Å². The predicted molar refractivity (Wildman–Crippen MR) is 215 cm³/mol. The second-order valence-corrected chi connectivity index (χ2v) is 13.1. The molecule has 1 aromatic heterocycles. The third-order valence-electron chi connectivity index (χ3n) is 9.75. The van der Waals surface area contributed by atoms with E-state index < -0.39 is 28.7 Å². The van der Waals surface area contributed by atoms with Crippen molar-refractivity contribution in [2.24, 2.45) is 0 Å². The number of pyridine rings is 1. The summed E-state index contributed by atoms with van der Waals surface area (Å²) in [7, 11) is 0. The van der Waals surface area contributed by atoms with Crippen molar-refractivity contribution >= 4 is 22.6 Å². The van der Waals surface area contributed by atoms with Crippen LogP contribution in [0.25, 0.3) is 50.2 Å². The largest absolute Gasteiger partial charge is 0.504 e. The van der Waals surface area contributed by atoms with Gasteiger partial charge in [0.1, 0.15) is 0 Å². The van der Waals surface area contributed by atoms with Crippen LogP contribution < -0.4 is 4.90 Å². The number of anilines is 3. The van der Waals surface area contributed by atoms with Gasteiger partial charge >= 0.3 is 0 Å². The molecule has 0 amide bonds. The van der Waals surface area contributed by atoms with E-state index in [1.165, 1.54) is 11.1 Å². The minimum Gasteiger partial charge on any atom is -0.504 e. The number of hydrogen-bond acceptors (Lipinski definition) is 7. The van der Waals surface area contributed by atoms with Gasteiger partial charge in [0.25, 0.3) is 0 Å². The highest BCUT2D eigenvalue weighted by atomic mass is 16.4. The maximum absolute atomic E-state index is 10.3. The van der Waals surface area contributed by atoms with Crippen molar-refractivity contribution in [2.45, 2.75) is 12.8 Å². The molecule has 7 nitrogen and oxygen atoms in total. The van der Waals surface area contributed by atoms with E-state index in [4.69, 9.17) is 4.98 Å². The number of aromatic hydroxyl groups is 5. The Morgan fingerprint density at radius 1 is 0.444 bits per heavy atom. The van der Waals surface area contributed by atoms with Gasteiger partial charge in [-0.3, -0.25) is 4.98 Å². The molecule has 0 spiro atoms. The normalized spacial score (nSPS) is 12.3. The molecule has 7 heteroatoms. The summed E-state index contributed by atoms with van der Waals surface area (Å²) in [5, 5.41) is 50.4. The molecule has 1 heterocycles. The van der Waals surface area contributed by atoms with Crippen LogP contribution in [0.4, 0.5) is 17.1 Å². The van der Waals surface area contributed by atoms with Crippen LogP contribution in [-0.2, 0) is 0 Å². The standard InChI is InChI=1S/C47H36N2O5/c50-43-42(44(51)46(53)47(54)45(43)52)35-22-18-33(19-23-35)32-16-20-34(21-17-32)41-25-24-39(29-48-41)49(38-14-8-3-9-15-38)40-27-36(30-10-4-1-5-11-30)26-37(28-40)31-12-6-2-7-13-31/h1-6,8-12,14-29,50-54H,7,13H2. The summed E-state index contributed by atoms with van der Waals surface area (Å²) in [4.78, 5) is 7.18. The fourth-order valence-corrected chi connectivity index (χ4v) is 6.90.